The maximum absolute atomic E-state index is 13.7. The number of fused-ring (bicyclic) bond motifs is 1. The number of carbonyl (C=O) groups excluding carboxylic acids is 1. The van der Waals surface area contributed by atoms with Crippen LogP contribution in [-0.4, -0.2) is 76.5 Å². The minimum Gasteiger partial charge on any atom is -0.389 e. The number of carbonyl (C=O) groups is 1. The van der Waals surface area contributed by atoms with Crippen LogP contribution in [0.5, 0.6) is 0 Å². The number of amides is 1. The number of aliphatic hydroxyl groups is 2. The lowest BCUT2D eigenvalue weighted by Gasteiger charge is -2.53. The zero-order valence-electron chi connectivity index (χ0n) is 18.3. The number of piperidine rings is 1. The molecule has 2 saturated heterocycles. The molecule has 1 aliphatic carbocycles. The van der Waals surface area contributed by atoms with Crippen LogP contribution < -0.4 is 0 Å². The topological polar surface area (TPSA) is 73.2 Å². The minimum atomic E-state index is -0.876. The van der Waals surface area contributed by atoms with Gasteiger partial charge in [0.1, 0.15) is 6.04 Å². The van der Waals surface area contributed by atoms with Crippen LogP contribution in [0.2, 0.25) is 0 Å². The van der Waals surface area contributed by atoms with Crippen LogP contribution in [0.1, 0.15) is 51.5 Å². The summed E-state index contributed by atoms with van der Waals surface area (Å²) in [5.41, 5.74) is -0.767. The summed E-state index contributed by atoms with van der Waals surface area (Å²) in [6, 6.07) is 9.66. The van der Waals surface area contributed by atoms with Gasteiger partial charge in [0.2, 0.25) is 5.91 Å². The minimum absolute atomic E-state index is 0.0520. The van der Waals surface area contributed by atoms with E-state index in [1.807, 2.05) is 35.2 Å². The van der Waals surface area contributed by atoms with Gasteiger partial charge in [0.25, 0.3) is 0 Å². The molecule has 166 valence electrons. The Hall–Kier alpha value is -1.47. The number of rotatable bonds is 4. The lowest BCUT2D eigenvalue weighted by atomic mass is 9.66. The lowest BCUT2D eigenvalue weighted by molar-refractivity contribution is -0.165. The second-order valence-corrected chi connectivity index (χ2v) is 9.90. The van der Waals surface area contributed by atoms with Gasteiger partial charge in [-0.15, -0.1) is 0 Å². The third-order valence-electron chi connectivity index (χ3n) is 7.15. The first kappa shape index (κ1) is 21.8. The van der Waals surface area contributed by atoms with Crippen LogP contribution >= 0.6 is 0 Å². The maximum atomic E-state index is 13.7. The third kappa shape index (κ3) is 4.28. The van der Waals surface area contributed by atoms with Crippen molar-refractivity contribution in [1.82, 2.24) is 9.80 Å². The average Bonchev–Trinajstić information content (AvgIpc) is 2.74. The number of ether oxygens (including phenoxy) is 1. The molecule has 0 radical (unpaired) electrons. The molecule has 1 unspecified atom stereocenters. The monoisotopic (exact) mass is 416 g/mol. The van der Waals surface area contributed by atoms with Crippen molar-refractivity contribution in [1.29, 1.82) is 0 Å². The molecule has 30 heavy (non-hydrogen) atoms. The van der Waals surface area contributed by atoms with Gasteiger partial charge < -0.3 is 19.8 Å². The molecule has 0 bridgehead atoms. The maximum Gasteiger partial charge on any atom is 0.242 e. The van der Waals surface area contributed by atoms with Crippen LogP contribution in [0, 0.1) is 5.92 Å². The highest BCUT2D eigenvalue weighted by atomic mass is 16.5. The van der Waals surface area contributed by atoms with Gasteiger partial charge >= 0.3 is 0 Å². The third-order valence-corrected chi connectivity index (χ3v) is 7.15. The van der Waals surface area contributed by atoms with Crippen molar-refractivity contribution in [3.8, 4) is 0 Å². The highest BCUT2D eigenvalue weighted by molar-refractivity contribution is 5.82. The molecule has 0 spiro atoms. The smallest absolute Gasteiger partial charge is 0.242 e. The molecule has 6 nitrogen and oxygen atoms in total. The Labute approximate surface area is 179 Å². The Balaban J connectivity index is 1.57. The Morgan fingerprint density at radius 2 is 1.93 bits per heavy atom. The van der Waals surface area contributed by atoms with E-state index in [2.05, 4.69) is 4.90 Å². The van der Waals surface area contributed by atoms with Crippen molar-refractivity contribution < 1.29 is 19.7 Å². The number of β-amino-alcohol motifs (C(OH)–C–C–N with tert-alkyl or cyclic N) is 1. The van der Waals surface area contributed by atoms with Crippen molar-refractivity contribution in [3.05, 3.63) is 35.9 Å². The first-order valence-electron chi connectivity index (χ1n) is 11.4. The summed E-state index contributed by atoms with van der Waals surface area (Å²) >= 11 is 0. The number of nitrogens with zero attached hydrogens (tertiary/aromatic N) is 2. The van der Waals surface area contributed by atoms with Gasteiger partial charge in [-0.1, -0.05) is 43.2 Å². The average molecular weight is 417 g/mol. The highest BCUT2D eigenvalue weighted by Crippen LogP contribution is 2.47. The van der Waals surface area contributed by atoms with Crippen molar-refractivity contribution >= 4 is 5.91 Å². The summed E-state index contributed by atoms with van der Waals surface area (Å²) in [7, 11) is 0. The fourth-order valence-electron chi connectivity index (χ4n) is 5.79. The van der Waals surface area contributed by atoms with Crippen LogP contribution in [0.4, 0.5) is 0 Å². The van der Waals surface area contributed by atoms with Crippen LogP contribution in [0.25, 0.3) is 0 Å². The molecule has 2 heterocycles. The van der Waals surface area contributed by atoms with Gasteiger partial charge in [-0.05, 0) is 38.7 Å². The zero-order valence-corrected chi connectivity index (χ0v) is 18.3. The fraction of sp³-hybridized carbons (Fsp3) is 0.708. The second kappa shape index (κ2) is 8.58. The zero-order chi connectivity index (χ0) is 21.4. The van der Waals surface area contributed by atoms with Crippen LogP contribution in [0.15, 0.2) is 30.3 Å². The summed E-state index contributed by atoms with van der Waals surface area (Å²) in [6.45, 7) is 6.16. The molecule has 1 aromatic carbocycles. The molecule has 6 heteroatoms. The molecular weight excluding hydrogens is 380 g/mol. The summed E-state index contributed by atoms with van der Waals surface area (Å²) < 4.78 is 5.66. The Bertz CT molecular complexity index is 734. The molecule has 3 aliphatic rings. The van der Waals surface area contributed by atoms with E-state index < -0.39 is 11.2 Å². The number of benzene rings is 1. The van der Waals surface area contributed by atoms with Gasteiger partial charge in [0.05, 0.1) is 24.4 Å². The first-order chi connectivity index (χ1) is 14.3. The molecule has 3 fully saturated rings. The molecule has 4 rings (SSSR count). The molecule has 2 N–H and O–H groups in total. The first-order valence-corrected chi connectivity index (χ1v) is 11.4. The van der Waals surface area contributed by atoms with E-state index in [0.29, 0.717) is 39.3 Å². The predicted molar refractivity (Wildman–Crippen MR) is 115 cm³/mol. The molecule has 2 aliphatic heterocycles. The lowest BCUT2D eigenvalue weighted by Crippen LogP contribution is -2.64. The van der Waals surface area contributed by atoms with Crippen LogP contribution in [-0.2, 0) is 15.1 Å². The van der Waals surface area contributed by atoms with Gasteiger partial charge in [-0.3, -0.25) is 9.69 Å². The molecule has 1 saturated carbocycles. The Morgan fingerprint density at radius 3 is 2.67 bits per heavy atom. The Kier molecular flexibility index (Phi) is 6.22. The number of hydrogen-bond donors (Lipinski definition) is 2. The number of likely N-dealkylation sites (tertiary alicyclic amines) is 1. The molecule has 4 atom stereocenters. The predicted octanol–water partition coefficient (Wildman–Crippen LogP) is 2.14. The summed E-state index contributed by atoms with van der Waals surface area (Å²) in [5.74, 6) is 0.143. The second-order valence-electron chi connectivity index (χ2n) is 9.90. The summed E-state index contributed by atoms with van der Waals surface area (Å²) in [4.78, 5) is 17.8. The molecular formula is C24H36N2O4. The molecule has 0 aromatic heterocycles. The quantitative estimate of drug-likeness (QED) is 0.787. The SMILES string of the molecule is CC(C)(O)CN1CCOC[C@H]1C(=O)N1CCC(O)(c2ccccc2)[C@@H]2CCCC[C@@H]21. The van der Waals surface area contributed by atoms with E-state index in [4.69, 9.17) is 4.74 Å². The highest BCUT2D eigenvalue weighted by Gasteiger charge is 2.51. The van der Waals surface area contributed by atoms with Gasteiger partial charge in [-0.2, -0.15) is 0 Å². The summed E-state index contributed by atoms with van der Waals surface area (Å²) in [6.07, 6.45) is 4.61. The van der Waals surface area contributed by atoms with Crippen molar-refractivity contribution in [2.75, 3.05) is 32.8 Å². The van der Waals surface area contributed by atoms with E-state index in [9.17, 15) is 15.0 Å². The number of morpholine rings is 1. The van der Waals surface area contributed by atoms with Crippen molar-refractivity contribution in [2.24, 2.45) is 5.92 Å². The van der Waals surface area contributed by atoms with E-state index in [1.54, 1.807) is 13.8 Å². The Morgan fingerprint density at radius 1 is 1.20 bits per heavy atom. The number of hydrogen-bond acceptors (Lipinski definition) is 5. The summed E-state index contributed by atoms with van der Waals surface area (Å²) in [5, 5.41) is 22.1. The van der Waals surface area contributed by atoms with Gasteiger partial charge in [0.15, 0.2) is 0 Å². The molecule has 1 aromatic rings. The molecule has 1 amide bonds. The van der Waals surface area contributed by atoms with Gasteiger partial charge in [0, 0.05) is 31.6 Å². The van der Waals surface area contributed by atoms with E-state index in [0.717, 1.165) is 31.2 Å². The van der Waals surface area contributed by atoms with E-state index in [-0.39, 0.29) is 23.9 Å². The standard InChI is InChI=1S/C24H36N2O4/c1-23(2,28)17-25-14-15-30-16-21(25)22(27)26-13-12-24(29,18-8-4-3-5-9-18)19-10-6-7-11-20(19)26/h3-5,8-9,19-21,28-29H,6-7,10-17H2,1-2H3/t19-,20+,21+,24?/m1/s1. The van der Waals surface area contributed by atoms with Crippen molar-refractivity contribution in [3.63, 3.8) is 0 Å². The normalized spacial score (nSPS) is 33.2. The van der Waals surface area contributed by atoms with E-state index >= 15 is 0 Å². The van der Waals surface area contributed by atoms with Gasteiger partial charge in [-0.25, -0.2) is 0 Å². The largest absolute Gasteiger partial charge is 0.389 e. The van der Waals surface area contributed by atoms with Crippen LogP contribution in [0.3, 0.4) is 0 Å². The van der Waals surface area contributed by atoms with Crippen molar-refractivity contribution in [2.45, 2.75) is 69.2 Å². The fourth-order valence-corrected chi connectivity index (χ4v) is 5.79. The van der Waals surface area contributed by atoms with E-state index in [1.165, 1.54) is 0 Å².